The first-order chi connectivity index (χ1) is 9.74. The number of nitrogens with one attached hydrogen (secondary N) is 1. The molecule has 2 aromatic carbocycles. The van der Waals surface area contributed by atoms with Gasteiger partial charge in [-0.15, -0.1) is 0 Å². The molecule has 0 radical (unpaired) electrons. The van der Waals surface area contributed by atoms with E-state index in [4.69, 9.17) is 4.74 Å². The van der Waals surface area contributed by atoms with Gasteiger partial charge in [0.25, 0.3) is 0 Å². The summed E-state index contributed by atoms with van der Waals surface area (Å²) in [5, 5.41) is 3.33. The van der Waals surface area contributed by atoms with E-state index in [-0.39, 0.29) is 6.04 Å². The van der Waals surface area contributed by atoms with E-state index in [0.717, 1.165) is 6.07 Å². The summed E-state index contributed by atoms with van der Waals surface area (Å²) in [5.41, 5.74) is 3.09. The normalized spacial score (nSPS) is 17.8. The largest absolute Gasteiger partial charge is 0.375 e. The first kappa shape index (κ1) is 13.2. The Kier molecular flexibility index (Phi) is 3.76. The Balaban J connectivity index is 1.71. The Labute approximate surface area is 116 Å². The van der Waals surface area contributed by atoms with Crippen LogP contribution in [-0.2, 0) is 17.9 Å². The van der Waals surface area contributed by atoms with Gasteiger partial charge in [-0.1, -0.05) is 30.3 Å². The van der Waals surface area contributed by atoms with Crippen molar-refractivity contribution in [2.24, 2.45) is 0 Å². The maximum atomic E-state index is 13.2. The predicted molar refractivity (Wildman–Crippen MR) is 72.0 cm³/mol. The van der Waals surface area contributed by atoms with Gasteiger partial charge < -0.3 is 10.1 Å². The highest BCUT2D eigenvalue weighted by Gasteiger charge is 2.19. The number of rotatable bonds is 3. The van der Waals surface area contributed by atoms with Crippen molar-refractivity contribution in [3.05, 3.63) is 70.8 Å². The molecule has 3 rings (SSSR count). The third-order valence-corrected chi connectivity index (χ3v) is 3.51. The molecular weight excluding hydrogens is 260 g/mol. The van der Waals surface area contributed by atoms with Crippen LogP contribution >= 0.6 is 0 Å². The highest BCUT2D eigenvalue weighted by atomic mass is 19.2. The summed E-state index contributed by atoms with van der Waals surface area (Å²) in [6.07, 6.45) is 0. The van der Waals surface area contributed by atoms with Crippen LogP contribution in [0.4, 0.5) is 8.78 Å². The van der Waals surface area contributed by atoms with Gasteiger partial charge in [-0.3, -0.25) is 0 Å². The Morgan fingerprint density at radius 3 is 2.80 bits per heavy atom. The minimum atomic E-state index is -0.819. The summed E-state index contributed by atoms with van der Waals surface area (Å²) in [4.78, 5) is 0. The Morgan fingerprint density at radius 1 is 1.10 bits per heavy atom. The van der Waals surface area contributed by atoms with Gasteiger partial charge in [0.1, 0.15) is 0 Å². The molecule has 1 unspecified atom stereocenters. The second-order valence-corrected chi connectivity index (χ2v) is 4.90. The highest BCUT2D eigenvalue weighted by Crippen LogP contribution is 2.24. The molecule has 1 heterocycles. The molecule has 104 valence electrons. The van der Waals surface area contributed by atoms with Gasteiger partial charge >= 0.3 is 0 Å². The van der Waals surface area contributed by atoms with Gasteiger partial charge in [-0.25, -0.2) is 8.78 Å². The Bertz CT molecular complexity index is 615. The Hall–Kier alpha value is -1.78. The summed E-state index contributed by atoms with van der Waals surface area (Å²) in [6, 6.07) is 12.1. The SMILES string of the molecule is Fc1ccc(CNC2COCc3ccccc32)cc1F. The van der Waals surface area contributed by atoms with E-state index < -0.39 is 11.6 Å². The molecular formula is C16H15F2NO. The minimum Gasteiger partial charge on any atom is -0.375 e. The molecule has 0 aromatic heterocycles. The lowest BCUT2D eigenvalue weighted by molar-refractivity contribution is 0.0817. The van der Waals surface area contributed by atoms with E-state index in [1.54, 1.807) is 6.07 Å². The predicted octanol–water partition coefficient (Wildman–Crippen LogP) is 3.33. The first-order valence-corrected chi connectivity index (χ1v) is 6.57. The molecule has 1 atom stereocenters. The fourth-order valence-corrected chi connectivity index (χ4v) is 2.44. The standard InChI is InChI=1S/C16H15F2NO/c17-14-6-5-11(7-15(14)18)8-19-16-10-20-9-12-3-1-2-4-13(12)16/h1-7,16,19H,8-10H2. The van der Waals surface area contributed by atoms with Crippen LogP contribution in [-0.4, -0.2) is 6.61 Å². The van der Waals surface area contributed by atoms with Crippen LogP contribution in [0.3, 0.4) is 0 Å². The summed E-state index contributed by atoms with van der Waals surface area (Å²) in [7, 11) is 0. The van der Waals surface area contributed by atoms with Gasteiger partial charge in [0, 0.05) is 6.54 Å². The molecule has 2 nitrogen and oxygen atoms in total. The number of halogens is 2. The summed E-state index contributed by atoms with van der Waals surface area (Å²) in [6.45, 7) is 1.68. The molecule has 1 aliphatic heterocycles. The fraction of sp³-hybridized carbons (Fsp3) is 0.250. The van der Waals surface area contributed by atoms with Gasteiger partial charge in [0.15, 0.2) is 11.6 Å². The maximum Gasteiger partial charge on any atom is 0.159 e. The van der Waals surface area contributed by atoms with E-state index in [1.165, 1.54) is 17.2 Å². The third kappa shape index (κ3) is 2.71. The van der Waals surface area contributed by atoms with E-state index >= 15 is 0 Å². The number of fused-ring (bicyclic) bond motifs is 1. The van der Waals surface area contributed by atoms with Crippen molar-refractivity contribution in [3.63, 3.8) is 0 Å². The Morgan fingerprint density at radius 2 is 1.95 bits per heavy atom. The third-order valence-electron chi connectivity index (χ3n) is 3.51. The van der Waals surface area contributed by atoms with Crippen LogP contribution in [0.2, 0.25) is 0 Å². The van der Waals surface area contributed by atoms with Crippen LogP contribution < -0.4 is 5.32 Å². The number of ether oxygens (including phenoxy) is 1. The minimum absolute atomic E-state index is 0.0769. The van der Waals surface area contributed by atoms with Gasteiger partial charge in [-0.05, 0) is 28.8 Å². The molecule has 0 saturated carbocycles. The lowest BCUT2D eigenvalue weighted by atomic mass is 9.99. The number of hydrogen-bond acceptors (Lipinski definition) is 2. The van der Waals surface area contributed by atoms with Crippen LogP contribution in [0, 0.1) is 11.6 Å². The van der Waals surface area contributed by atoms with Crippen molar-refractivity contribution in [1.82, 2.24) is 5.32 Å². The fourth-order valence-electron chi connectivity index (χ4n) is 2.44. The molecule has 1 aliphatic rings. The zero-order chi connectivity index (χ0) is 13.9. The van der Waals surface area contributed by atoms with Crippen molar-refractivity contribution in [3.8, 4) is 0 Å². The first-order valence-electron chi connectivity index (χ1n) is 6.57. The van der Waals surface area contributed by atoms with Crippen molar-refractivity contribution in [1.29, 1.82) is 0 Å². The maximum absolute atomic E-state index is 13.2. The molecule has 0 bridgehead atoms. The molecule has 1 N–H and O–H groups in total. The summed E-state index contributed by atoms with van der Waals surface area (Å²) >= 11 is 0. The van der Waals surface area contributed by atoms with Gasteiger partial charge in [0.05, 0.1) is 19.3 Å². The second kappa shape index (κ2) is 5.69. The van der Waals surface area contributed by atoms with E-state index in [2.05, 4.69) is 11.4 Å². The van der Waals surface area contributed by atoms with E-state index in [9.17, 15) is 8.78 Å². The van der Waals surface area contributed by atoms with Gasteiger partial charge in [0.2, 0.25) is 0 Å². The molecule has 4 heteroatoms. The van der Waals surface area contributed by atoms with Crippen molar-refractivity contribution in [2.75, 3.05) is 6.61 Å². The zero-order valence-corrected chi connectivity index (χ0v) is 10.9. The molecule has 0 fully saturated rings. The van der Waals surface area contributed by atoms with Crippen molar-refractivity contribution < 1.29 is 13.5 Å². The average Bonchev–Trinajstić information content (AvgIpc) is 2.48. The average molecular weight is 275 g/mol. The highest BCUT2D eigenvalue weighted by molar-refractivity contribution is 5.31. The van der Waals surface area contributed by atoms with Crippen molar-refractivity contribution in [2.45, 2.75) is 19.2 Å². The molecule has 0 aliphatic carbocycles. The number of benzene rings is 2. The van der Waals surface area contributed by atoms with E-state index in [0.29, 0.717) is 25.3 Å². The quantitative estimate of drug-likeness (QED) is 0.927. The lowest BCUT2D eigenvalue weighted by Crippen LogP contribution is -2.29. The molecule has 20 heavy (non-hydrogen) atoms. The molecule has 0 amide bonds. The molecule has 2 aromatic rings. The zero-order valence-electron chi connectivity index (χ0n) is 10.9. The smallest absolute Gasteiger partial charge is 0.159 e. The monoisotopic (exact) mass is 275 g/mol. The molecule has 0 spiro atoms. The summed E-state index contributed by atoms with van der Waals surface area (Å²) < 4.78 is 31.6. The number of hydrogen-bond donors (Lipinski definition) is 1. The van der Waals surface area contributed by atoms with Crippen LogP contribution in [0.1, 0.15) is 22.7 Å². The summed E-state index contributed by atoms with van der Waals surface area (Å²) in [5.74, 6) is -1.63. The van der Waals surface area contributed by atoms with Crippen LogP contribution in [0.5, 0.6) is 0 Å². The lowest BCUT2D eigenvalue weighted by Gasteiger charge is -2.26. The second-order valence-electron chi connectivity index (χ2n) is 4.90. The van der Waals surface area contributed by atoms with Gasteiger partial charge in [-0.2, -0.15) is 0 Å². The molecule has 0 saturated heterocycles. The van der Waals surface area contributed by atoms with Crippen LogP contribution in [0.25, 0.3) is 0 Å². The topological polar surface area (TPSA) is 21.3 Å². The van der Waals surface area contributed by atoms with E-state index in [1.807, 2.05) is 18.2 Å². The van der Waals surface area contributed by atoms with Crippen LogP contribution in [0.15, 0.2) is 42.5 Å². The van der Waals surface area contributed by atoms with Crippen molar-refractivity contribution >= 4 is 0 Å².